The molecule has 1 aliphatic heterocycles. The molecule has 118 valence electrons. The van der Waals surface area contributed by atoms with E-state index in [1.807, 2.05) is 6.20 Å². The number of aliphatic hydroxyl groups is 1. The standard InChI is InChI=1S/C17H22N2O3/c1-22-17(21)16(20)12-6-9-19(10-7-12)11-13-3-2-4-15-14(13)5-8-18-15/h2-5,8,12,16,18,20H,6-7,9-11H2,1H3. The largest absolute Gasteiger partial charge is 0.467 e. The van der Waals surface area contributed by atoms with Gasteiger partial charge < -0.3 is 14.8 Å². The third kappa shape index (κ3) is 3.00. The predicted octanol–water partition coefficient (Wildman–Crippen LogP) is 1.91. The molecule has 0 saturated carbocycles. The first-order valence-corrected chi connectivity index (χ1v) is 7.72. The fourth-order valence-electron chi connectivity index (χ4n) is 3.27. The lowest BCUT2D eigenvalue weighted by atomic mass is 9.91. The Morgan fingerprint density at radius 1 is 1.41 bits per heavy atom. The second-order valence-corrected chi connectivity index (χ2v) is 5.94. The van der Waals surface area contributed by atoms with Crippen LogP contribution in [0.2, 0.25) is 0 Å². The van der Waals surface area contributed by atoms with Gasteiger partial charge in [-0.25, -0.2) is 4.79 Å². The normalized spacial score (nSPS) is 18.5. The third-order valence-electron chi connectivity index (χ3n) is 4.60. The summed E-state index contributed by atoms with van der Waals surface area (Å²) in [5.74, 6) is -0.512. The van der Waals surface area contributed by atoms with Crippen molar-refractivity contribution in [3.63, 3.8) is 0 Å². The first-order valence-electron chi connectivity index (χ1n) is 7.72. The van der Waals surface area contributed by atoms with Crippen molar-refractivity contribution in [1.29, 1.82) is 0 Å². The Balaban J connectivity index is 1.60. The Morgan fingerprint density at radius 3 is 2.91 bits per heavy atom. The summed E-state index contributed by atoms with van der Waals surface area (Å²) in [6.45, 7) is 2.68. The molecule has 0 spiro atoms. The Bertz CT molecular complexity index is 644. The first kappa shape index (κ1) is 15.1. The minimum Gasteiger partial charge on any atom is -0.467 e. The minimum absolute atomic E-state index is 0.00625. The van der Waals surface area contributed by atoms with E-state index in [1.165, 1.54) is 18.1 Å². The number of carbonyl (C=O) groups is 1. The highest BCUT2D eigenvalue weighted by molar-refractivity contribution is 5.82. The molecule has 1 unspecified atom stereocenters. The number of benzene rings is 1. The van der Waals surface area contributed by atoms with Gasteiger partial charge in [-0.15, -0.1) is 0 Å². The van der Waals surface area contributed by atoms with Gasteiger partial charge >= 0.3 is 5.97 Å². The molecule has 5 nitrogen and oxygen atoms in total. The van der Waals surface area contributed by atoms with Gasteiger partial charge in [0.25, 0.3) is 0 Å². The van der Waals surface area contributed by atoms with Gasteiger partial charge in [-0.05, 0) is 49.5 Å². The number of nitrogens with one attached hydrogen (secondary N) is 1. The number of fused-ring (bicyclic) bond motifs is 1. The maximum absolute atomic E-state index is 11.4. The molecule has 5 heteroatoms. The van der Waals surface area contributed by atoms with Gasteiger partial charge in [-0.3, -0.25) is 4.90 Å². The lowest BCUT2D eigenvalue weighted by Gasteiger charge is -2.33. The van der Waals surface area contributed by atoms with Crippen LogP contribution in [-0.2, 0) is 16.1 Å². The molecule has 2 aromatic rings. The maximum atomic E-state index is 11.4. The average molecular weight is 302 g/mol. The summed E-state index contributed by atoms with van der Waals surface area (Å²) >= 11 is 0. The summed E-state index contributed by atoms with van der Waals surface area (Å²) in [4.78, 5) is 17.0. The fraction of sp³-hybridized carbons (Fsp3) is 0.471. The number of likely N-dealkylation sites (tertiary alicyclic amines) is 1. The average Bonchev–Trinajstić information content (AvgIpc) is 3.04. The van der Waals surface area contributed by atoms with Crippen LogP contribution in [-0.4, -0.2) is 47.3 Å². The maximum Gasteiger partial charge on any atom is 0.334 e. The van der Waals surface area contributed by atoms with Crippen molar-refractivity contribution in [2.24, 2.45) is 5.92 Å². The quantitative estimate of drug-likeness (QED) is 0.847. The van der Waals surface area contributed by atoms with Crippen LogP contribution in [0.15, 0.2) is 30.5 Å². The number of esters is 1. The van der Waals surface area contributed by atoms with Crippen molar-refractivity contribution in [2.45, 2.75) is 25.5 Å². The van der Waals surface area contributed by atoms with Crippen LogP contribution in [0, 0.1) is 5.92 Å². The number of rotatable bonds is 4. The van der Waals surface area contributed by atoms with E-state index in [9.17, 15) is 9.90 Å². The van der Waals surface area contributed by atoms with Crippen molar-refractivity contribution in [1.82, 2.24) is 9.88 Å². The molecular formula is C17H22N2O3. The van der Waals surface area contributed by atoms with Crippen LogP contribution in [0.4, 0.5) is 0 Å². The zero-order valence-electron chi connectivity index (χ0n) is 12.8. The number of aromatic nitrogens is 1. The van der Waals surface area contributed by atoms with Gasteiger partial charge in [0.2, 0.25) is 0 Å². The molecule has 1 fully saturated rings. The van der Waals surface area contributed by atoms with Crippen molar-refractivity contribution >= 4 is 16.9 Å². The topological polar surface area (TPSA) is 65.6 Å². The lowest BCUT2D eigenvalue weighted by molar-refractivity contribution is -0.154. The molecule has 0 amide bonds. The molecular weight excluding hydrogens is 280 g/mol. The second-order valence-electron chi connectivity index (χ2n) is 5.94. The zero-order chi connectivity index (χ0) is 15.5. The minimum atomic E-state index is -0.986. The molecule has 1 aromatic heterocycles. The predicted molar refractivity (Wildman–Crippen MR) is 84.3 cm³/mol. The van der Waals surface area contributed by atoms with E-state index >= 15 is 0 Å². The van der Waals surface area contributed by atoms with E-state index in [-0.39, 0.29) is 5.92 Å². The Kier molecular flexibility index (Phi) is 4.45. The van der Waals surface area contributed by atoms with Gasteiger partial charge in [0.1, 0.15) is 0 Å². The van der Waals surface area contributed by atoms with Crippen LogP contribution in [0.3, 0.4) is 0 Å². The van der Waals surface area contributed by atoms with Crippen LogP contribution in [0.25, 0.3) is 10.9 Å². The Morgan fingerprint density at radius 2 is 2.18 bits per heavy atom. The molecule has 0 bridgehead atoms. The molecule has 1 saturated heterocycles. The number of hydrogen-bond donors (Lipinski definition) is 2. The number of ether oxygens (including phenoxy) is 1. The molecule has 1 atom stereocenters. The van der Waals surface area contributed by atoms with Crippen molar-refractivity contribution in [3.05, 3.63) is 36.0 Å². The lowest BCUT2D eigenvalue weighted by Crippen LogP contribution is -2.40. The number of hydrogen-bond acceptors (Lipinski definition) is 4. The zero-order valence-corrected chi connectivity index (χ0v) is 12.8. The molecule has 1 aliphatic rings. The summed E-state index contributed by atoms with van der Waals surface area (Å²) in [6.07, 6.45) is 2.62. The van der Waals surface area contributed by atoms with Gasteiger partial charge in [0.15, 0.2) is 6.10 Å². The van der Waals surface area contributed by atoms with Crippen LogP contribution < -0.4 is 0 Å². The highest BCUT2D eigenvalue weighted by Crippen LogP contribution is 2.25. The summed E-state index contributed by atoms with van der Waals surface area (Å²) in [5, 5.41) is 11.2. The van der Waals surface area contributed by atoms with E-state index < -0.39 is 12.1 Å². The summed E-state index contributed by atoms with van der Waals surface area (Å²) in [6, 6.07) is 8.42. The van der Waals surface area contributed by atoms with Gasteiger partial charge in [0, 0.05) is 23.6 Å². The number of piperidine rings is 1. The highest BCUT2D eigenvalue weighted by atomic mass is 16.5. The van der Waals surface area contributed by atoms with E-state index in [2.05, 4.69) is 38.9 Å². The first-order chi connectivity index (χ1) is 10.7. The number of carbonyl (C=O) groups excluding carboxylic acids is 1. The van der Waals surface area contributed by atoms with Gasteiger partial charge in [0.05, 0.1) is 7.11 Å². The number of aromatic amines is 1. The Hall–Kier alpha value is -1.85. The van der Waals surface area contributed by atoms with Crippen LogP contribution in [0.5, 0.6) is 0 Å². The smallest absolute Gasteiger partial charge is 0.334 e. The molecule has 3 rings (SSSR count). The molecule has 2 N–H and O–H groups in total. The van der Waals surface area contributed by atoms with E-state index in [4.69, 9.17) is 0 Å². The Labute approximate surface area is 129 Å². The van der Waals surface area contributed by atoms with Gasteiger partial charge in [-0.2, -0.15) is 0 Å². The van der Waals surface area contributed by atoms with E-state index in [0.29, 0.717) is 0 Å². The molecule has 2 heterocycles. The number of methoxy groups -OCH3 is 1. The number of nitrogens with zero attached hydrogens (tertiary/aromatic N) is 1. The SMILES string of the molecule is COC(=O)C(O)C1CCN(Cc2cccc3[nH]ccc23)CC1. The van der Waals surface area contributed by atoms with Crippen molar-refractivity contribution in [3.8, 4) is 0 Å². The highest BCUT2D eigenvalue weighted by Gasteiger charge is 2.30. The summed E-state index contributed by atoms with van der Waals surface area (Å²) in [7, 11) is 1.32. The summed E-state index contributed by atoms with van der Waals surface area (Å²) < 4.78 is 4.62. The van der Waals surface area contributed by atoms with Crippen molar-refractivity contribution in [2.75, 3.05) is 20.2 Å². The molecule has 1 aromatic carbocycles. The van der Waals surface area contributed by atoms with Crippen LogP contribution in [0.1, 0.15) is 18.4 Å². The fourth-order valence-corrected chi connectivity index (χ4v) is 3.27. The number of aliphatic hydroxyl groups excluding tert-OH is 1. The monoisotopic (exact) mass is 302 g/mol. The molecule has 22 heavy (non-hydrogen) atoms. The van der Waals surface area contributed by atoms with E-state index in [0.717, 1.165) is 38.0 Å². The number of H-pyrrole nitrogens is 1. The molecule has 0 radical (unpaired) electrons. The molecule has 0 aliphatic carbocycles. The second kappa shape index (κ2) is 6.50. The summed E-state index contributed by atoms with van der Waals surface area (Å²) in [5.41, 5.74) is 2.47. The van der Waals surface area contributed by atoms with Crippen LogP contribution >= 0.6 is 0 Å². The van der Waals surface area contributed by atoms with Gasteiger partial charge in [-0.1, -0.05) is 12.1 Å². The van der Waals surface area contributed by atoms with Crippen molar-refractivity contribution < 1.29 is 14.6 Å². The third-order valence-corrected chi connectivity index (χ3v) is 4.60. The van der Waals surface area contributed by atoms with E-state index in [1.54, 1.807) is 0 Å².